The first-order valence-electron chi connectivity index (χ1n) is 6.19. The summed E-state index contributed by atoms with van der Waals surface area (Å²) in [4.78, 5) is 22.6. The average Bonchev–Trinajstić information content (AvgIpc) is 2.46. The smallest absolute Gasteiger partial charge is 0.248 e. The highest BCUT2D eigenvalue weighted by atomic mass is 19.1. The van der Waals surface area contributed by atoms with Crippen molar-refractivity contribution in [1.82, 2.24) is 0 Å². The lowest BCUT2D eigenvalue weighted by Gasteiger charge is -2.02. The maximum Gasteiger partial charge on any atom is 0.248 e. The molecule has 0 aliphatic carbocycles. The Bertz CT molecular complexity index is 694. The summed E-state index contributed by atoms with van der Waals surface area (Å²) in [6, 6.07) is 12.1. The van der Waals surface area contributed by atoms with E-state index in [1.54, 1.807) is 24.3 Å². The zero-order valence-electron chi connectivity index (χ0n) is 11.0. The number of amides is 2. The molecule has 5 heteroatoms. The van der Waals surface area contributed by atoms with Crippen LogP contribution in [-0.4, -0.2) is 11.8 Å². The van der Waals surface area contributed by atoms with Crippen molar-refractivity contribution in [3.63, 3.8) is 0 Å². The van der Waals surface area contributed by atoms with Gasteiger partial charge in [0.15, 0.2) is 0 Å². The number of rotatable bonds is 4. The molecule has 0 radical (unpaired) electrons. The van der Waals surface area contributed by atoms with Crippen molar-refractivity contribution >= 4 is 23.6 Å². The number of primary amides is 1. The second kappa shape index (κ2) is 6.47. The SMILES string of the molecule is NC(=O)c1ccc(NC(=O)/C=C/c2cccc(F)c2)cc1. The highest BCUT2D eigenvalue weighted by molar-refractivity contribution is 6.02. The van der Waals surface area contributed by atoms with Crippen molar-refractivity contribution in [1.29, 1.82) is 0 Å². The summed E-state index contributed by atoms with van der Waals surface area (Å²) in [6.45, 7) is 0. The Morgan fingerprint density at radius 3 is 2.43 bits per heavy atom. The van der Waals surface area contributed by atoms with Gasteiger partial charge in [0.2, 0.25) is 11.8 Å². The van der Waals surface area contributed by atoms with E-state index in [-0.39, 0.29) is 11.7 Å². The monoisotopic (exact) mass is 284 g/mol. The first kappa shape index (κ1) is 14.5. The van der Waals surface area contributed by atoms with Gasteiger partial charge in [-0.1, -0.05) is 12.1 Å². The van der Waals surface area contributed by atoms with Gasteiger partial charge in [-0.3, -0.25) is 9.59 Å². The lowest BCUT2D eigenvalue weighted by atomic mass is 10.2. The van der Waals surface area contributed by atoms with Crippen LogP contribution in [-0.2, 0) is 4.79 Å². The lowest BCUT2D eigenvalue weighted by Crippen LogP contribution is -2.11. The molecule has 0 bridgehead atoms. The van der Waals surface area contributed by atoms with Crippen molar-refractivity contribution in [2.75, 3.05) is 5.32 Å². The zero-order valence-corrected chi connectivity index (χ0v) is 11.0. The van der Waals surface area contributed by atoms with Gasteiger partial charge in [-0.25, -0.2) is 4.39 Å². The summed E-state index contributed by atoms with van der Waals surface area (Å²) in [5.74, 6) is -1.25. The summed E-state index contributed by atoms with van der Waals surface area (Å²) in [5.41, 5.74) is 6.61. The van der Waals surface area contributed by atoms with Gasteiger partial charge in [0.1, 0.15) is 5.82 Å². The molecule has 3 N–H and O–H groups in total. The maximum atomic E-state index is 13.0. The molecular weight excluding hydrogens is 271 g/mol. The summed E-state index contributed by atoms with van der Waals surface area (Å²) < 4.78 is 13.0. The third-order valence-electron chi connectivity index (χ3n) is 2.71. The number of anilines is 1. The Hall–Kier alpha value is -2.95. The molecule has 2 amide bonds. The Morgan fingerprint density at radius 2 is 1.81 bits per heavy atom. The van der Waals surface area contributed by atoms with E-state index >= 15 is 0 Å². The fraction of sp³-hybridized carbons (Fsp3) is 0. The van der Waals surface area contributed by atoms with Gasteiger partial charge in [0, 0.05) is 17.3 Å². The molecule has 0 fully saturated rings. The minimum atomic E-state index is -0.529. The van der Waals surface area contributed by atoms with Gasteiger partial charge >= 0.3 is 0 Å². The molecule has 4 nitrogen and oxygen atoms in total. The molecule has 106 valence electrons. The van der Waals surface area contributed by atoms with Crippen molar-refractivity contribution in [3.05, 3.63) is 71.6 Å². The quantitative estimate of drug-likeness (QED) is 0.847. The molecule has 0 saturated carbocycles. The molecule has 0 aliphatic heterocycles. The standard InChI is InChI=1S/C16H13FN2O2/c17-13-3-1-2-11(10-13)4-9-15(20)19-14-7-5-12(6-8-14)16(18)21/h1-10H,(H2,18,21)(H,19,20)/b9-4+. The number of carbonyl (C=O) groups is 2. The second-order valence-corrected chi connectivity index (χ2v) is 4.32. The minimum absolute atomic E-state index is 0.355. The number of benzene rings is 2. The van der Waals surface area contributed by atoms with Crippen LogP contribution in [0.4, 0.5) is 10.1 Å². The molecule has 2 aromatic carbocycles. The predicted octanol–water partition coefficient (Wildman–Crippen LogP) is 2.58. The summed E-state index contributed by atoms with van der Waals surface area (Å²) in [5, 5.41) is 2.62. The van der Waals surface area contributed by atoms with Crippen LogP contribution in [0.25, 0.3) is 6.08 Å². The van der Waals surface area contributed by atoms with E-state index in [9.17, 15) is 14.0 Å². The summed E-state index contributed by atoms with van der Waals surface area (Å²) in [6.07, 6.45) is 2.81. The van der Waals surface area contributed by atoms with Crippen molar-refractivity contribution in [2.45, 2.75) is 0 Å². The molecule has 0 aromatic heterocycles. The average molecular weight is 284 g/mol. The molecule has 0 saturated heterocycles. The molecule has 2 aromatic rings. The van der Waals surface area contributed by atoms with Crippen LogP contribution >= 0.6 is 0 Å². The zero-order chi connectivity index (χ0) is 15.2. The first-order valence-corrected chi connectivity index (χ1v) is 6.19. The summed E-state index contributed by atoms with van der Waals surface area (Å²) >= 11 is 0. The van der Waals surface area contributed by atoms with Crippen LogP contribution in [0.5, 0.6) is 0 Å². The summed E-state index contributed by atoms with van der Waals surface area (Å²) in [7, 11) is 0. The van der Waals surface area contributed by atoms with E-state index in [4.69, 9.17) is 5.73 Å². The Kier molecular flexibility index (Phi) is 4.46. The van der Waals surface area contributed by atoms with E-state index in [0.717, 1.165) is 0 Å². The van der Waals surface area contributed by atoms with E-state index in [1.165, 1.54) is 36.4 Å². The fourth-order valence-corrected chi connectivity index (χ4v) is 1.68. The first-order chi connectivity index (χ1) is 10.0. The topological polar surface area (TPSA) is 72.2 Å². The van der Waals surface area contributed by atoms with Crippen LogP contribution in [0, 0.1) is 5.82 Å². The highest BCUT2D eigenvalue weighted by Gasteiger charge is 2.01. The fourth-order valence-electron chi connectivity index (χ4n) is 1.68. The highest BCUT2D eigenvalue weighted by Crippen LogP contribution is 2.10. The number of carbonyl (C=O) groups excluding carboxylic acids is 2. The lowest BCUT2D eigenvalue weighted by molar-refractivity contribution is -0.111. The Morgan fingerprint density at radius 1 is 1.10 bits per heavy atom. The molecule has 0 spiro atoms. The molecule has 0 aliphatic rings. The van der Waals surface area contributed by atoms with E-state index in [0.29, 0.717) is 16.8 Å². The number of hydrogen-bond acceptors (Lipinski definition) is 2. The number of nitrogens with two attached hydrogens (primary N) is 1. The minimum Gasteiger partial charge on any atom is -0.366 e. The number of halogens is 1. The second-order valence-electron chi connectivity index (χ2n) is 4.32. The van der Waals surface area contributed by atoms with Gasteiger partial charge in [0.25, 0.3) is 0 Å². The molecule has 0 heterocycles. The van der Waals surface area contributed by atoms with E-state index in [1.807, 2.05) is 0 Å². The maximum absolute atomic E-state index is 13.0. The Labute approximate surface area is 121 Å². The molecule has 2 rings (SSSR count). The van der Waals surface area contributed by atoms with Crippen LogP contribution < -0.4 is 11.1 Å². The van der Waals surface area contributed by atoms with E-state index < -0.39 is 5.91 Å². The third-order valence-corrected chi connectivity index (χ3v) is 2.71. The van der Waals surface area contributed by atoms with Gasteiger partial charge in [-0.05, 0) is 48.0 Å². The van der Waals surface area contributed by atoms with Gasteiger partial charge < -0.3 is 11.1 Å². The van der Waals surface area contributed by atoms with Gasteiger partial charge in [-0.15, -0.1) is 0 Å². The van der Waals surface area contributed by atoms with Gasteiger partial charge in [0.05, 0.1) is 0 Å². The molecular formula is C16H13FN2O2. The molecule has 0 unspecified atom stereocenters. The Balaban J connectivity index is 1.99. The van der Waals surface area contributed by atoms with Crippen molar-refractivity contribution in [2.24, 2.45) is 5.73 Å². The number of nitrogens with one attached hydrogen (secondary N) is 1. The van der Waals surface area contributed by atoms with Crippen LogP contribution in [0.2, 0.25) is 0 Å². The molecule has 21 heavy (non-hydrogen) atoms. The van der Waals surface area contributed by atoms with Gasteiger partial charge in [-0.2, -0.15) is 0 Å². The normalized spacial score (nSPS) is 10.5. The molecule has 0 atom stereocenters. The van der Waals surface area contributed by atoms with Crippen LogP contribution in [0.15, 0.2) is 54.6 Å². The van der Waals surface area contributed by atoms with Crippen molar-refractivity contribution < 1.29 is 14.0 Å². The predicted molar refractivity (Wildman–Crippen MR) is 79.0 cm³/mol. The number of hydrogen-bond donors (Lipinski definition) is 2. The van der Waals surface area contributed by atoms with Crippen molar-refractivity contribution in [3.8, 4) is 0 Å². The third kappa shape index (κ3) is 4.28. The largest absolute Gasteiger partial charge is 0.366 e. The van der Waals surface area contributed by atoms with Crippen LogP contribution in [0.3, 0.4) is 0 Å². The van der Waals surface area contributed by atoms with E-state index in [2.05, 4.69) is 5.32 Å². The van der Waals surface area contributed by atoms with Crippen LogP contribution in [0.1, 0.15) is 15.9 Å².